The maximum absolute atomic E-state index is 12.2. The minimum absolute atomic E-state index is 0.108. The summed E-state index contributed by atoms with van der Waals surface area (Å²) in [5.41, 5.74) is 1.20. The van der Waals surface area contributed by atoms with Gasteiger partial charge in [0.05, 0.1) is 17.4 Å². The van der Waals surface area contributed by atoms with Crippen LogP contribution in [0.15, 0.2) is 12.5 Å². The van der Waals surface area contributed by atoms with E-state index >= 15 is 0 Å². The molecule has 5 nitrogen and oxygen atoms in total. The average Bonchev–Trinajstić information content (AvgIpc) is 3.06. The van der Waals surface area contributed by atoms with Crippen LogP contribution in [-0.2, 0) is 11.3 Å². The van der Waals surface area contributed by atoms with Crippen LogP contribution in [0.5, 0.6) is 0 Å². The number of imidazole rings is 1. The molecule has 1 amide bonds. The van der Waals surface area contributed by atoms with Crippen LogP contribution in [0.4, 0.5) is 0 Å². The van der Waals surface area contributed by atoms with E-state index in [-0.39, 0.29) is 11.3 Å². The normalized spacial score (nSPS) is 30.9. The van der Waals surface area contributed by atoms with Crippen LogP contribution in [0, 0.1) is 5.41 Å². The standard InChI is InChI=1S/C15H22N4O/c20-14-15(4-1-6-17-14)5-7-18(10-15)9-13-8-16-11-19(13)12-2-3-12/h8,11-12H,1-7,9-10H2,(H,17,20). The Hall–Kier alpha value is -1.36. The van der Waals surface area contributed by atoms with Gasteiger partial charge >= 0.3 is 0 Å². The van der Waals surface area contributed by atoms with Crippen molar-refractivity contribution in [2.45, 2.75) is 44.7 Å². The minimum Gasteiger partial charge on any atom is -0.356 e. The Bertz CT molecular complexity index is 522. The molecule has 1 N–H and O–H groups in total. The highest BCUT2D eigenvalue weighted by molar-refractivity contribution is 5.83. The third-order valence-corrected chi connectivity index (χ3v) is 5.10. The molecule has 1 saturated carbocycles. The molecule has 1 aromatic rings. The molecule has 2 saturated heterocycles. The van der Waals surface area contributed by atoms with Crippen LogP contribution in [0.1, 0.15) is 43.8 Å². The second kappa shape index (κ2) is 4.58. The van der Waals surface area contributed by atoms with Crippen molar-refractivity contribution in [2.24, 2.45) is 5.41 Å². The van der Waals surface area contributed by atoms with Crippen molar-refractivity contribution in [2.75, 3.05) is 19.6 Å². The van der Waals surface area contributed by atoms with Crippen LogP contribution in [-0.4, -0.2) is 40.0 Å². The first-order valence-corrected chi connectivity index (χ1v) is 7.78. The van der Waals surface area contributed by atoms with Crippen molar-refractivity contribution in [3.63, 3.8) is 0 Å². The fourth-order valence-electron chi connectivity index (χ4n) is 3.78. The van der Waals surface area contributed by atoms with E-state index in [2.05, 4.69) is 19.8 Å². The van der Waals surface area contributed by atoms with Crippen LogP contribution >= 0.6 is 0 Å². The lowest BCUT2D eigenvalue weighted by Crippen LogP contribution is -2.47. The molecule has 2 aliphatic heterocycles. The predicted octanol–water partition coefficient (Wildman–Crippen LogP) is 1.32. The van der Waals surface area contributed by atoms with Gasteiger partial charge < -0.3 is 9.88 Å². The summed E-state index contributed by atoms with van der Waals surface area (Å²) in [4.78, 5) is 18.9. The van der Waals surface area contributed by atoms with Gasteiger partial charge in [0.15, 0.2) is 0 Å². The molecule has 1 unspecified atom stereocenters. The number of hydrogen-bond acceptors (Lipinski definition) is 3. The average molecular weight is 274 g/mol. The monoisotopic (exact) mass is 274 g/mol. The van der Waals surface area contributed by atoms with Crippen molar-refractivity contribution in [1.29, 1.82) is 0 Å². The number of carbonyl (C=O) groups excluding carboxylic acids is 1. The number of amides is 1. The quantitative estimate of drug-likeness (QED) is 0.904. The zero-order valence-corrected chi connectivity index (χ0v) is 11.8. The minimum atomic E-state index is -0.108. The number of carbonyl (C=O) groups is 1. The summed E-state index contributed by atoms with van der Waals surface area (Å²) in [7, 11) is 0. The maximum Gasteiger partial charge on any atom is 0.227 e. The van der Waals surface area contributed by atoms with Crippen LogP contribution in [0.3, 0.4) is 0 Å². The summed E-state index contributed by atoms with van der Waals surface area (Å²) in [6.45, 7) is 3.73. The van der Waals surface area contributed by atoms with Gasteiger partial charge in [0.25, 0.3) is 0 Å². The van der Waals surface area contributed by atoms with Crippen molar-refractivity contribution in [3.05, 3.63) is 18.2 Å². The number of piperidine rings is 1. The lowest BCUT2D eigenvalue weighted by molar-refractivity contribution is -0.132. The first-order valence-electron chi connectivity index (χ1n) is 7.78. The number of likely N-dealkylation sites (tertiary alicyclic amines) is 1. The Morgan fingerprint density at radius 2 is 2.30 bits per heavy atom. The molecule has 1 aliphatic carbocycles. The largest absolute Gasteiger partial charge is 0.356 e. The maximum atomic E-state index is 12.2. The number of hydrogen-bond donors (Lipinski definition) is 1. The van der Waals surface area contributed by atoms with Gasteiger partial charge in [0, 0.05) is 31.9 Å². The summed E-state index contributed by atoms with van der Waals surface area (Å²) in [6, 6.07) is 0.682. The molecule has 20 heavy (non-hydrogen) atoms. The SMILES string of the molecule is O=C1NCCCC12CCN(Cc1cncn1C1CC1)C2. The summed E-state index contributed by atoms with van der Waals surface area (Å²) < 4.78 is 2.33. The Morgan fingerprint density at radius 3 is 3.10 bits per heavy atom. The summed E-state index contributed by atoms with van der Waals surface area (Å²) in [5.74, 6) is 0.280. The van der Waals surface area contributed by atoms with Gasteiger partial charge in [0.2, 0.25) is 5.91 Å². The fraction of sp³-hybridized carbons (Fsp3) is 0.733. The molecule has 1 aromatic heterocycles. The van der Waals surface area contributed by atoms with Crippen LogP contribution < -0.4 is 5.32 Å². The van der Waals surface area contributed by atoms with Gasteiger partial charge in [-0.2, -0.15) is 0 Å². The summed E-state index contributed by atoms with van der Waals surface area (Å²) >= 11 is 0. The lowest BCUT2D eigenvalue weighted by Gasteiger charge is -2.32. The molecule has 0 bridgehead atoms. The predicted molar refractivity (Wildman–Crippen MR) is 75.1 cm³/mol. The zero-order valence-electron chi connectivity index (χ0n) is 11.8. The van der Waals surface area contributed by atoms with Crippen LogP contribution in [0.2, 0.25) is 0 Å². The Kier molecular flexibility index (Phi) is 2.84. The third kappa shape index (κ3) is 2.04. The van der Waals surface area contributed by atoms with Gasteiger partial charge in [-0.15, -0.1) is 0 Å². The van der Waals surface area contributed by atoms with Gasteiger partial charge in [0.1, 0.15) is 0 Å². The van der Waals surface area contributed by atoms with Crippen molar-refractivity contribution >= 4 is 5.91 Å². The van der Waals surface area contributed by atoms with Gasteiger partial charge in [-0.3, -0.25) is 9.69 Å². The molecular weight excluding hydrogens is 252 g/mol. The molecule has 3 fully saturated rings. The Morgan fingerprint density at radius 1 is 1.40 bits per heavy atom. The fourth-order valence-corrected chi connectivity index (χ4v) is 3.78. The Labute approximate surface area is 119 Å². The van der Waals surface area contributed by atoms with E-state index in [9.17, 15) is 4.79 Å². The topological polar surface area (TPSA) is 50.2 Å². The van der Waals surface area contributed by atoms with E-state index in [4.69, 9.17) is 0 Å². The molecule has 1 atom stereocenters. The van der Waals surface area contributed by atoms with E-state index in [0.717, 1.165) is 45.4 Å². The van der Waals surface area contributed by atoms with E-state index in [1.54, 1.807) is 0 Å². The molecule has 108 valence electrons. The number of aromatic nitrogens is 2. The van der Waals surface area contributed by atoms with Gasteiger partial charge in [-0.1, -0.05) is 0 Å². The first kappa shape index (κ1) is 12.4. The van der Waals surface area contributed by atoms with Crippen molar-refractivity contribution in [3.8, 4) is 0 Å². The molecular formula is C15H22N4O. The molecule has 4 rings (SSSR count). The van der Waals surface area contributed by atoms with Crippen LogP contribution in [0.25, 0.3) is 0 Å². The number of nitrogens with one attached hydrogen (secondary N) is 1. The summed E-state index contributed by atoms with van der Waals surface area (Å²) in [6.07, 6.45) is 9.72. The lowest BCUT2D eigenvalue weighted by atomic mass is 9.79. The highest BCUT2D eigenvalue weighted by atomic mass is 16.2. The van der Waals surface area contributed by atoms with Gasteiger partial charge in [-0.25, -0.2) is 4.98 Å². The summed E-state index contributed by atoms with van der Waals surface area (Å²) in [5, 5.41) is 3.05. The van der Waals surface area contributed by atoms with E-state index in [0.29, 0.717) is 6.04 Å². The smallest absolute Gasteiger partial charge is 0.227 e. The molecule has 0 radical (unpaired) electrons. The van der Waals surface area contributed by atoms with Crippen molar-refractivity contribution in [1.82, 2.24) is 19.8 Å². The van der Waals surface area contributed by atoms with Gasteiger partial charge in [-0.05, 0) is 38.6 Å². The molecule has 0 aromatic carbocycles. The highest BCUT2D eigenvalue weighted by Crippen LogP contribution is 2.39. The molecule has 1 spiro atoms. The second-order valence-corrected chi connectivity index (χ2v) is 6.62. The van der Waals surface area contributed by atoms with E-state index in [1.165, 1.54) is 18.5 Å². The first-order chi connectivity index (χ1) is 9.77. The molecule has 3 heterocycles. The second-order valence-electron chi connectivity index (χ2n) is 6.62. The van der Waals surface area contributed by atoms with E-state index in [1.807, 2.05) is 12.5 Å². The molecule has 5 heteroatoms. The number of rotatable bonds is 3. The Balaban J connectivity index is 1.45. The zero-order chi connectivity index (χ0) is 13.6. The third-order valence-electron chi connectivity index (χ3n) is 5.10. The van der Waals surface area contributed by atoms with Crippen molar-refractivity contribution < 1.29 is 4.79 Å². The molecule has 3 aliphatic rings. The number of nitrogens with zero attached hydrogens (tertiary/aromatic N) is 3. The van der Waals surface area contributed by atoms with E-state index < -0.39 is 0 Å². The highest BCUT2D eigenvalue weighted by Gasteiger charge is 2.45.